The summed E-state index contributed by atoms with van der Waals surface area (Å²) < 4.78 is 43.5. The lowest BCUT2D eigenvalue weighted by atomic mass is 10.0. The predicted molar refractivity (Wildman–Crippen MR) is 121 cm³/mol. The number of H-pyrrole nitrogens is 1. The molecule has 0 radical (unpaired) electrons. The molecule has 0 aliphatic carbocycles. The molecule has 1 aliphatic rings. The number of aromatic amines is 1. The Hall–Kier alpha value is -3.56. The van der Waals surface area contributed by atoms with Gasteiger partial charge in [0.1, 0.15) is 0 Å². The Labute approximate surface area is 194 Å². The number of nitrogens with one attached hydrogen (secondary N) is 3. The molecule has 182 valence electrons. The first kappa shape index (κ1) is 25.1. The molecular weight excluding hydrogens is 451 g/mol. The van der Waals surface area contributed by atoms with Gasteiger partial charge < -0.3 is 20.4 Å². The summed E-state index contributed by atoms with van der Waals surface area (Å²) in [5.41, 5.74) is 2.04. The van der Waals surface area contributed by atoms with Crippen LogP contribution in [0.3, 0.4) is 0 Å². The lowest BCUT2D eigenvalue weighted by Gasteiger charge is -2.08. The fourth-order valence-electron chi connectivity index (χ4n) is 3.88. The molecule has 3 rings (SSSR count). The van der Waals surface area contributed by atoms with Crippen molar-refractivity contribution in [2.75, 3.05) is 19.0 Å². The maximum atomic E-state index is 13.0. The van der Waals surface area contributed by atoms with Crippen molar-refractivity contribution in [2.24, 2.45) is 0 Å². The largest absolute Gasteiger partial charge is 0.469 e. The van der Waals surface area contributed by atoms with Crippen molar-refractivity contribution in [3.63, 3.8) is 0 Å². The van der Waals surface area contributed by atoms with Gasteiger partial charge in [0, 0.05) is 35.6 Å². The molecule has 2 amide bonds. The minimum absolute atomic E-state index is 0.0946. The molecule has 0 bridgehead atoms. The topological polar surface area (TPSA) is 100 Å². The monoisotopic (exact) mass is 477 g/mol. The van der Waals surface area contributed by atoms with Gasteiger partial charge in [0.05, 0.1) is 23.8 Å². The van der Waals surface area contributed by atoms with Crippen LogP contribution in [-0.4, -0.2) is 36.4 Å². The number of hydrogen-bond donors (Lipinski definition) is 3. The normalized spacial score (nSPS) is 14.2. The van der Waals surface area contributed by atoms with E-state index in [1.165, 1.54) is 13.2 Å². The summed E-state index contributed by atoms with van der Waals surface area (Å²) in [4.78, 5) is 39.3. The molecule has 1 aliphatic heterocycles. The third kappa shape index (κ3) is 5.49. The number of fused-ring (bicyclic) bond motifs is 1. The Morgan fingerprint density at radius 2 is 1.88 bits per heavy atom. The number of halogens is 3. The average molecular weight is 477 g/mol. The van der Waals surface area contributed by atoms with Crippen LogP contribution in [0.15, 0.2) is 18.2 Å². The van der Waals surface area contributed by atoms with Crippen LogP contribution in [0.5, 0.6) is 0 Å². The summed E-state index contributed by atoms with van der Waals surface area (Å²) in [7, 11) is 1.34. The summed E-state index contributed by atoms with van der Waals surface area (Å²) in [6.45, 7) is 3.91. The van der Waals surface area contributed by atoms with Crippen LogP contribution in [-0.2, 0) is 20.5 Å². The Balaban J connectivity index is 1.72. The summed E-state index contributed by atoms with van der Waals surface area (Å²) in [5, 5.41) is 5.32. The van der Waals surface area contributed by atoms with Crippen molar-refractivity contribution in [3.05, 3.63) is 51.8 Å². The first-order valence-electron chi connectivity index (χ1n) is 10.8. The first-order valence-corrected chi connectivity index (χ1v) is 10.8. The number of rotatable bonds is 8. The Morgan fingerprint density at radius 3 is 2.56 bits per heavy atom. The van der Waals surface area contributed by atoms with Crippen LogP contribution in [0.1, 0.15) is 64.1 Å². The molecule has 0 saturated carbocycles. The summed E-state index contributed by atoms with van der Waals surface area (Å²) in [5.74, 6) is -1.04. The van der Waals surface area contributed by atoms with Gasteiger partial charge in [-0.1, -0.05) is 12.5 Å². The number of amides is 2. The minimum Gasteiger partial charge on any atom is -0.469 e. The molecule has 0 saturated heterocycles. The Bertz CT molecular complexity index is 1150. The van der Waals surface area contributed by atoms with Crippen molar-refractivity contribution in [1.29, 1.82) is 0 Å². The summed E-state index contributed by atoms with van der Waals surface area (Å²) >= 11 is 0. The predicted octanol–water partition coefficient (Wildman–Crippen LogP) is 4.61. The Morgan fingerprint density at radius 1 is 1.15 bits per heavy atom. The smallest absolute Gasteiger partial charge is 0.416 e. The van der Waals surface area contributed by atoms with Gasteiger partial charge in [-0.2, -0.15) is 13.2 Å². The number of alkyl halides is 3. The zero-order chi connectivity index (χ0) is 25.0. The van der Waals surface area contributed by atoms with Gasteiger partial charge in [-0.25, -0.2) is 0 Å². The highest BCUT2D eigenvalue weighted by Gasteiger charge is 2.33. The summed E-state index contributed by atoms with van der Waals surface area (Å²) in [6, 6.07) is 3.11. The van der Waals surface area contributed by atoms with E-state index < -0.39 is 17.6 Å². The van der Waals surface area contributed by atoms with Crippen LogP contribution < -0.4 is 10.6 Å². The molecule has 0 spiro atoms. The fourth-order valence-corrected chi connectivity index (χ4v) is 3.88. The van der Waals surface area contributed by atoms with E-state index in [0.717, 1.165) is 18.6 Å². The van der Waals surface area contributed by atoms with Crippen LogP contribution in [0.2, 0.25) is 0 Å². The van der Waals surface area contributed by atoms with Gasteiger partial charge in [-0.15, -0.1) is 0 Å². The van der Waals surface area contributed by atoms with E-state index in [1.807, 2.05) is 0 Å². The van der Waals surface area contributed by atoms with Gasteiger partial charge in [0.2, 0.25) is 0 Å². The molecule has 1 aromatic carbocycles. The number of hydrogen-bond acceptors (Lipinski definition) is 4. The number of benzene rings is 1. The van der Waals surface area contributed by atoms with Crippen molar-refractivity contribution < 1.29 is 32.3 Å². The van der Waals surface area contributed by atoms with Crippen molar-refractivity contribution in [1.82, 2.24) is 10.3 Å². The van der Waals surface area contributed by atoms with Gasteiger partial charge >= 0.3 is 12.1 Å². The van der Waals surface area contributed by atoms with E-state index in [2.05, 4.69) is 20.4 Å². The zero-order valence-corrected chi connectivity index (χ0v) is 19.1. The molecule has 34 heavy (non-hydrogen) atoms. The SMILES string of the molecule is COC(=O)CCCCCNC(=O)c1c(C)[nH]c(/C=C2\C(=O)Nc3cc(C(F)(F)F)ccc32)c1C. The van der Waals surface area contributed by atoms with Gasteiger partial charge in [-0.05, 0) is 50.5 Å². The molecule has 10 heteroatoms. The van der Waals surface area contributed by atoms with Gasteiger partial charge in [0.25, 0.3) is 11.8 Å². The van der Waals surface area contributed by atoms with E-state index in [9.17, 15) is 27.6 Å². The first-order chi connectivity index (χ1) is 16.0. The maximum absolute atomic E-state index is 13.0. The standard InChI is InChI=1S/C24H26F3N3O4/c1-13-18(12-17-16-9-8-15(24(25,26)27)11-19(16)30-22(17)32)29-14(2)21(13)23(33)28-10-6-4-5-7-20(31)34-3/h8-9,11-12,29H,4-7,10H2,1-3H3,(H,28,33)(H,30,32)/b17-12-. The van der Waals surface area contributed by atoms with E-state index in [1.54, 1.807) is 19.9 Å². The quantitative estimate of drug-likeness (QED) is 0.294. The number of ether oxygens (including phenoxy) is 1. The lowest BCUT2D eigenvalue weighted by Crippen LogP contribution is -2.25. The van der Waals surface area contributed by atoms with Crippen molar-refractivity contribution >= 4 is 35.1 Å². The molecular formula is C24H26F3N3O4. The Kier molecular flexibility index (Phi) is 7.48. The minimum atomic E-state index is -4.51. The second-order valence-electron chi connectivity index (χ2n) is 8.08. The molecule has 2 aromatic rings. The number of anilines is 1. The maximum Gasteiger partial charge on any atom is 0.416 e. The van der Waals surface area contributed by atoms with Crippen LogP contribution in [0.4, 0.5) is 18.9 Å². The average Bonchev–Trinajstić information content (AvgIpc) is 3.24. The number of carbonyl (C=O) groups is 3. The zero-order valence-electron chi connectivity index (χ0n) is 19.1. The second-order valence-corrected chi connectivity index (χ2v) is 8.08. The van der Waals surface area contributed by atoms with Crippen LogP contribution in [0, 0.1) is 13.8 Å². The molecule has 7 nitrogen and oxygen atoms in total. The molecule has 2 heterocycles. The number of carbonyl (C=O) groups excluding carboxylic acids is 3. The number of aryl methyl sites for hydroxylation is 1. The number of methoxy groups -OCH3 is 1. The van der Waals surface area contributed by atoms with Crippen LogP contribution >= 0.6 is 0 Å². The lowest BCUT2D eigenvalue weighted by molar-refractivity contribution is -0.140. The molecule has 0 fully saturated rings. The number of esters is 1. The fraction of sp³-hybridized carbons (Fsp3) is 0.375. The summed E-state index contributed by atoms with van der Waals surface area (Å²) in [6.07, 6.45) is -0.478. The van der Waals surface area contributed by atoms with E-state index in [4.69, 9.17) is 0 Å². The second kappa shape index (κ2) is 10.1. The van der Waals surface area contributed by atoms with Gasteiger partial charge in [-0.3, -0.25) is 14.4 Å². The third-order valence-corrected chi connectivity index (χ3v) is 5.69. The highest BCUT2D eigenvalue weighted by Crippen LogP contribution is 2.38. The molecule has 0 unspecified atom stereocenters. The van der Waals surface area contributed by atoms with Crippen molar-refractivity contribution in [2.45, 2.75) is 45.7 Å². The van der Waals surface area contributed by atoms with E-state index >= 15 is 0 Å². The van der Waals surface area contributed by atoms with E-state index in [0.29, 0.717) is 53.9 Å². The molecule has 3 N–H and O–H groups in total. The molecule has 0 atom stereocenters. The third-order valence-electron chi connectivity index (χ3n) is 5.69. The van der Waals surface area contributed by atoms with Crippen molar-refractivity contribution in [3.8, 4) is 0 Å². The van der Waals surface area contributed by atoms with Gasteiger partial charge in [0.15, 0.2) is 0 Å². The van der Waals surface area contributed by atoms with E-state index in [-0.39, 0.29) is 23.1 Å². The number of unbranched alkanes of at least 4 members (excludes halogenated alkanes) is 2. The van der Waals surface area contributed by atoms with Crippen LogP contribution in [0.25, 0.3) is 11.6 Å². The molecule has 1 aromatic heterocycles. The highest BCUT2D eigenvalue weighted by molar-refractivity contribution is 6.35. The highest BCUT2D eigenvalue weighted by atomic mass is 19.4. The number of aromatic nitrogens is 1.